The van der Waals surface area contributed by atoms with Crippen LogP contribution in [-0.4, -0.2) is 48.9 Å². The van der Waals surface area contributed by atoms with Gasteiger partial charge in [0.05, 0.1) is 0 Å². The average molecular weight is 408 g/mol. The van der Waals surface area contributed by atoms with E-state index in [1.165, 1.54) is 16.8 Å². The van der Waals surface area contributed by atoms with Crippen LogP contribution in [0.4, 0.5) is 5.69 Å². The minimum absolute atomic E-state index is 0.0224. The highest BCUT2D eigenvalue weighted by Gasteiger charge is 2.32. The predicted molar refractivity (Wildman–Crippen MR) is 122 cm³/mol. The highest BCUT2D eigenvalue weighted by atomic mass is 16.2. The minimum Gasteiger partial charge on any atom is -0.368 e. The van der Waals surface area contributed by atoms with Crippen LogP contribution in [0, 0.1) is 19.8 Å². The Morgan fingerprint density at radius 3 is 2.27 bits per heavy atom. The lowest BCUT2D eigenvalue weighted by molar-refractivity contribution is -0.134. The molecule has 2 amide bonds. The molecule has 2 aromatic carbocycles. The van der Waals surface area contributed by atoms with Crippen molar-refractivity contribution in [3.8, 4) is 0 Å². The first-order valence-electron chi connectivity index (χ1n) is 10.9. The van der Waals surface area contributed by atoms with E-state index in [0.717, 1.165) is 19.5 Å². The van der Waals surface area contributed by atoms with Gasteiger partial charge in [0.15, 0.2) is 0 Å². The topological polar surface area (TPSA) is 52.7 Å². The number of piperazine rings is 1. The summed E-state index contributed by atoms with van der Waals surface area (Å²) in [5, 5.41) is 3.00. The number of hydrogen-bond donors (Lipinski definition) is 1. The number of hydrogen-bond acceptors (Lipinski definition) is 3. The van der Waals surface area contributed by atoms with E-state index in [2.05, 4.69) is 49.2 Å². The Bertz CT molecular complexity index is 873. The zero-order valence-corrected chi connectivity index (χ0v) is 18.5. The molecule has 0 bridgehead atoms. The summed E-state index contributed by atoms with van der Waals surface area (Å²) in [6, 6.07) is 15.0. The van der Waals surface area contributed by atoms with Gasteiger partial charge >= 0.3 is 0 Å². The zero-order chi connectivity index (χ0) is 21.7. The van der Waals surface area contributed by atoms with Crippen molar-refractivity contribution in [1.82, 2.24) is 10.2 Å². The standard InChI is InChI=1S/C25H33N3O2/c1-5-18(2)23(26-24(29)21-11-7-6-8-12-21)25(30)28-16-14-27(15-17-28)22-13-9-10-19(3)20(22)4/h6-13,18,23H,5,14-17H2,1-4H3,(H,26,29). The smallest absolute Gasteiger partial charge is 0.251 e. The molecule has 5 nitrogen and oxygen atoms in total. The number of benzene rings is 2. The van der Waals surface area contributed by atoms with E-state index in [-0.39, 0.29) is 17.7 Å². The summed E-state index contributed by atoms with van der Waals surface area (Å²) in [7, 11) is 0. The molecule has 1 heterocycles. The summed E-state index contributed by atoms with van der Waals surface area (Å²) in [6.45, 7) is 11.3. The molecule has 2 atom stereocenters. The van der Waals surface area contributed by atoms with Gasteiger partial charge in [-0.1, -0.05) is 50.6 Å². The fraction of sp³-hybridized carbons (Fsp3) is 0.440. The molecule has 2 aromatic rings. The monoisotopic (exact) mass is 407 g/mol. The van der Waals surface area contributed by atoms with Crippen molar-refractivity contribution < 1.29 is 9.59 Å². The number of carbonyl (C=O) groups is 2. The fourth-order valence-corrected chi connectivity index (χ4v) is 3.94. The summed E-state index contributed by atoms with van der Waals surface area (Å²) in [5.41, 5.74) is 4.41. The first kappa shape index (κ1) is 21.9. The summed E-state index contributed by atoms with van der Waals surface area (Å²) in [5.74, 6) is -0.0975. The summed E-state index contributed by atoms with van der Waals surface area (Å²) in [4.78, 5) is 30.3. The number of nitrogens with one attached hydrogen (secondary N) is 1. The van der Waals surface area contributed by atoms with Crippen LogP contribution in [0.15, 0.2) is 48.5 Å². The van der Waals surface area contributed by atoms with E-state index in [1.807, 2.05) is 30.0 Å². The largest absolute Gasteiger partial charge is 0.368 e. The molecular weight excluding hydrogens is 374 g/mol. The molecule has 1 N–H and O–H groups in total. The predicted octanol–water partition coefficient (Wildman–Crippen LogP) is 3.80. The van der Waals surface area contributed by atoms with Crippen LogP contribution in [0.3, 0.4) is 0 Å². The van der Waals surface area contributed by atoms with Crippen LogP contribution in [0.1, 0.15) is 41.8 Å². The molecule has 0 spiro atoms. The van der Waals surface area contributed by atoms with Gasteiger partial charge in [-0.2, -0.15) is 0 Å². The van der Waals surface area contributed by atoms with Gasteiger partial charge in [-0.3, -0.25) is 9.59 Å². The molecule has 5 heteroatoms. The zero-order valence-electron chi connectivity index (χ0n) is 18.5. The van der Waals surface area contributed by atoms with Crippen LogP contribution in [0.5, 0.6) is 0 Å². The lowest BCUT2D eigenvalue weighted by atomic mass is 9.97. The second-order valence-electron chi connectivity index (χ2n) is 8.23. The van der Waals surface area contributed by atoms with Crippen LogP contribution in [-0.2, 0) is 4.79 Å². The Balaban J connectivity index is 1.67. The molecule has 3 rings (SSSR count). The first-order chi connectivity index (χ1) is 14.4. The van der Waals surface area contributed by atoms with Gasteiger partial charge in [-0.05, 0) is 49.1 Å². The number of amides is 2. The van der Waals surface area contributed by atoms with E-state index < -0.39 is 6.04 Å². The molecule has 1 fully saturated rings. The Kier molecular flexibility index (Phi) is 7.14. The normalized spacial score (nSPS) is 16.1. The Morgan fingerprint density at radius 2 is 1.63 bits per heavy atom. The van der Waals surface area contributed by atoms with E-state index in [4.69, 9.17) is 0 Å². The maximum Gasteiger partial charge on any atom is 0.251 e. The molecule has 1 aliphatic heterocycles. The van der Waals surface area contributed by atoms with Gasteiger partial charge in [0.2, 0.25) is 5.91 Å². The SMILES string of the molecule is CCC(C)C(NC(=O)c1ccccc1)C(=O)N1CCN(c2cccc(C)c2C)CC1. The fourth-order valence-electron chi connectivity index (χ4n) is 3.94. The minimum atomic E-state index is -0.505. The van der Waals surface area contributed by atoms with Gasteiger partial charge < -0.3 is 15.1 Å². The van der Waals surface area contributed by atoms with Crippen LogP contribution in [0.25, 0.3) is 0 Å². The first-order valence-corrected chi connectivity index (χ1v) is 10.9. The Hall–Kier alpha value is -2.82. The van der Waals surface area contributed by atoms with Crippen molar-refractivity contribution in [2.45, 2.75) is 40.2 Å². The molecule has 160 valence electrons. The Morgan fingerprint density at radius 1 is 0.967 bits per heavy atom. The van der Waals surface area contributed by atoms with Crippen LogP contribution >= 0.6 is 0 Å². The maximum atomic E-state index is 13.3. The van der Waals surface area contributed by atoms with E-state index in [9.17, 15) is 9.59 Å². The highest BCUT2D eigenvalue weighted by Crippen LogP contribution is 2.24. The number of rotatable bonds is 6. The maximum absolute atomic E-state index is 13.3. The second kappa shape index (κ2) is 9.79. The molecule has 1 saturated heterocycles. The van der Waals surface area contributed by atoms with Gasteiger partial charge in [0.25, 0.3) is 5.91 Å². The second-order valence-corrected chi connectivity index (χ2v) is 8.23. The van der Waals surface area contributed by atoms with Crippen molar-refractivity contribution in [3.05, 3.63) is 65.2 Å². The van der Waals surface area contributed by atoms with Crippen LogP contribution < -0.4 is 10.2 Å². The summed E-state index contributed by atoms with van der Waals surface area (Å²) < 4.78 is 0. The number of aryl methyl sites for hydroxylation is 1. The van der Waals surface area contributed by atoms with Crippen molar-refractivity contribution in [1.29, 1.82) is 0 Å². The van der Waals surface area contributed by atoms with E-state index in [1.54, 1.807) is 12.1 Å². The van der Waals surface area contributed by atoms with Gasteiger partial charge in [-0.15, -0.1) is 0 Å². The average Bonchev–Trinajstić information content (AvgIpc) is 2.79. The van der Waals surface area contributed by atoms with Crippen molar-refractivity contribution in [2.24, 2.45) is 5.92 Å². The third-order valence-corrected chi connectivity index (χ3v) is 6.31. The molecule has 2 unspecified atom stereocenters. The number of nitrogens with zero attached hydrogens (tertiary/aromatic N) is 2. The molecule has 0 radical (unpaired) electrons. The molecule has 0 saturated carbocycles. The third-order valence-electron chi connectivity index (χ3n) is 6.31. The molecule has 1 aliphatic rings. The number of anilines is 1. The van der Waals surface area contributed by atoms with Gasteiger partial charge in [0, 0.05) is 37.4 Å². The van der Waals surface area contributed by atoms with Gasteiger partial charge in [0.1, 0.15) is 6.04 Å². The lowest BCUT2D eigenvalue weighted by Gasteiger charge is -2.39. The lowest BCUT2D eigenvalue weighted by Crippen LogP contribution is -2.56. The third kappa shape index (κ3) is 4.84. The van der Waals surface area contributed by atoms with E-state index in [0.29, 0.717) is 18.7 Å². The molecule has 0 aromatic heterocycles. The van der Waals surface area contributed by atoms with Crippen LogP contribution in [0.2, 0.25) is 0 Å². The van der Waals surface area contributed by atoms with Crippen molar-refractivity contribution >= 4 is 17.5 Å². The van der Waals surface area contributed by atoms with Gasteiger partial charge in [-0.25, -0.2) is 0 Å². The number of carbonyl (C=O) groups excluding carboxylic acids is 2. The van der Waals surface area contributed by atoms with Crippen molar-refractivity contribution in [2.75, 3.05) is 31.1 Å². The quantitative estimate of drug-likeness (QED) is 0.793. The molecule has 30 heavy (non-hydrogen) atoms. The highest BCUT2D eigenvalue weighted by molar-refractivity contribution is 5.97. The summed E-state index contributed by atoms with van der Waals surface area (Å²) in [6.07, 6.45) is 0.827. The molecular formula is C25H33N3O2. The Labute approximate surface area is 180 Å². The molecule has 0 aliphatic carbocycles. The van der Waals surface area contributed by atoms with E-state index >= 15 is 0 Å². The van der Waals surface area contributed by atoms with Crippen molar-refractivity contribution in [3.63, 3.8) is 0 Å². The summed E-state index contributed by atoms with van der Waals surface area (Å²) >= 11 is 0.